The van der Waals surface area contributed by atoms with Crippen LogP contribution in [0.4, 0.5) is 9.18 Å². The molecule has 14 heteroatoms. The zero-order valence-corrected chi connectivity index (χ0v) is 27.1. The van der Waals surface area contributed by atoms with E-state index in [0.717, 1.165) is 5.56 Å². The highest BCUT2D eigenvalue weighted by Gasteiger charge is 2.32. The van der Waals surface area contributed by atoms with Crippen molar-refractivity contribution in [2.45, 2.75) is 32.7 Å². The van der Waals surface area contributed by atoms with Gasteiger partial charge in [-0.3, -0.25) is 5.43 Å². The zero-order chi connectivity index (χ0) is 33.2. The van der Waals surface area contributed by atoms with Crippen molar-refractivity contribution < 1.29 is 42.8 Å². The molecule has 12 nitrogen and oxygen atoms in total. The molecule has 3 aromatic carbocycles. The maximum absolute atomic E-state index is 13.2. The molecule has 0 aliphatic carbocycles. The number of nitrogens with one attached hydrogen (secondary N) is 3. The van der Waals surface area contributed by atoms with Crippen molar-refractivity contribution in [1.82, 2.24) is 16.1 Å². The SMILES string of the molecule is CCOc1cc([C@@H]2NC(=O)NC(C)=C2C(=O)OC)ccc1OC[C@@H](O)N/N=C\c1cc(OC)c(OCc2ccc(F)cc2)cc1Br. The summed E-state index contributed by atoms with van der Waals surface area (Å²) in [6, 6.07) is 13.2. The Morgan fingerprint density at radius 1 is 1.07 bits per heavy atom. The maximum atomic E-state index is 13.2. The van der Waals surface area contributed by atoms with Crippen molar-refractivity contribution in [3.05, 3.63) is 92.8 Å². The molecule has 2 atom stereocenters. The molecule has 1 aliphatic heterocycles. The van der Waals surface area contributed by atoms with Gasteiger partial charge in [0.25, 0.3) is 0 Å². The van der Waals surface area contributed by atoms with E-state index in [4.69, 9.17) is 23.7 Å². The van der Waals surface area contributed by atoms with Gasteiger partial charge in [0.1, 0.15) is 19.0 Å². The smallest absolute Gasteiger partial charge is 0.337 e. The Kier molecular flexibility index (Phi) is 11.8. The van der Waals surface area contributed by atoms with E-state index < -0.39 is 24.3 Å². The van der Waals surface area contributed by atoms with Gasteiger partial charge in [-0.25, -0.2) is 14.0 Å². The number of aliphatic hydroxyl groups is 1. The minimum Gasteiger partial charge on any atom is -0.493 e. The number of urea groups is 1. The molecule has 0 saturated carbocycles. The van der Waals surface area contributed by atoms with Gasteiger partial charge in [0.05, 0.1) is 38.7 Å². The Hall–Kier alpha value is -4.82. The van der Waals surface area contributed by atoms with Gasteiger partial charge >= 0.3 is 12.0 Å². The fourth-order valence-electron chi connectivity index (χ4n) is 4.48. The number of carbonyl (C=O) groups is 2. The van der Waals surface area contributed by atoms with Crippen molar-refractivity contribution in [3.63, 3.8) is 0 Å². The maximum Gasteiger partial charge on any atom is 0.337 e. The van der Waals surface area contributed by atoms with Gasteiger partial charge in [-0.05, 0) is 77.3 Å². The summed E-state index contributed by atoms with van der Waals surface area (Å²) in [4.78, 5) is 24.6. The number of rotatable bonds is 14. The average Bonchev–Trinajstić information content (AvgIpc) is 3.04. The van der Waals surface area contributed by atoms with Crippen LogP contribution in [0.3, 0.4) is 0 Å². The average molecular weight is 702 g/mol. The third kappa shape index (κ3) is 8.67. The minimum atomic E-state index is -1.19. The summed E-state index contributed by atoms with van der Waals surface area (Å²) in [6.07, 6.45) is 0.298. The quantitative estimate of drug-likeness (QED) is 0.0813. The van der Waals surface area contributed by atoms with Crippen LogP contribution in [0.5, 0.6) is 23.0 Å². The van der Waals surface area contributed by atoms with Crippen molar-refractivity contribution in [1.29, 1.82) is 0 Å². The number of benzene rings is 3. The first-order valence-corrected chi connectivity index (χ1v) is 14.9. The number of allylic oxidation sites excluding steroid dienone is 1. The summed E-state index contributed by atoms with van der Waals surface area (Å²) in [6.45, 7) is 3.77. The minimum absolute atomic E-state index is 0.187. The lowest BCUT2D eigenvalue weighted by atomic mass is 9.95. The van der Waals surface area contributed by atoms with Gasteiger partial charge in [-0.15, -0.1) is 0 Å². The van der Waals surface area contributed by atoms with E-state index in [9.17, 15) is 19.1 Å². The van der Waals surface area contributed by atoms with Crippen LogP contribution in [-0.2, 0) is 16.1 Å². The van der Waals surface area contributed by atoms with Gasteiger partial charge in [0.15, 0.2) is 29.2 Å². The van der Waals surface area contributed by atoms with Crippen molar-refractivity contribution >= 4 is 34.1 Å². The van der Waals surface area contributed by atoms with Crippen LogP contribution in [0.1, 0.15) is 36.6 Å². The van der Waals surface area contributed by atoms with E-state index in [2.05, 4.69) is 37.1 Å². The van der Waals surface area contributed by atoms with Crippen LogP contribution in [0.15, 0.2) is 75.4 Å². The van der Waals surface area contributed by atoms with Gasteiger partial charge in [-0.1, -0.05) is 18.2 Å². The number of ether oxygens (including phenoxy) is 5. The fraction of sp³-hybridized carbons (Fsp3) is 0.281. The molecule has 0 unspecified atom stereocenters. The van der Waals surface area contributed by atoms with Crippen molar-refractivity contribution in [3.8, 4) is 23.0 Å². The van der Waals surface area contributed by atoms with Crippen molar-refractivity contribution in [2.24, 2.45) is 5.10 Å². The highest BCUT2D eigenvalue weighted by Crippen LogP contribution is 2.35. The van der Waals surface area contributed by atoms with Crippen LogP contribution in [0.2, 0.25) is 0 Å². The first-order chi connectivity index (χ1) is 22.1. The van der Waals surface area contributed by atoms with E-state index in [1.807, 2.05) is 0 Å². The Morgan fingerprint density at radius 2 is 1.80 bits per heavy atom. The molecule has 0 aromatic heterocycles. The van der Waals surface area contributed by atoms with E-state index in [1.165, 1.54) is 32.6 Å². The molecule has 0 saturated heterocycles. The number of carbonyl (C=O) groups excluding carboxylic acids is 2. The molecular weight excluding hydrogens is 667 g/mol. The normalized spacial score (nSPS) is 15.1. The molecule has 2 amide bonds. The molecule has 4 N–H and O–H groups in total. The summed E-state index contributed by atoms with van der Waals surface area (Å²) in [7, 11) is 2.78. The van der Waals surface area contributed by atoms with Gasteiger partial charge in [-0.2, -0.15) is 5.10 Å². The predicted molar refractivity (Wildman–Crippen MR) is 170 cm³/mol. The Labute approximate surface area is 273 Å². The van der Waals surface area contributed by atoms with Gasteiger partial charge < -0.3 is 39.4 Å². The lowest BCUT2D eigenvalue weighted by molar-refractivity contribution is -0.136. The lowest BCUT2D eigenvalue weighted by Gasteiger charge is -2.28. The highest BCUT2D eigenvalue weighted by molar-refractivity contribution is 9.10. The molecule has 0 bridgehead atoms. The number of amides is 2. The third-order valence-corrected chi connectivity index (χ3v) is 7.38. The molecule has 0 spiro atoms. The monoisotopic (exact) mass is 700 g/mol. The van der Waals surface area contributed by atoms with E-state index in [0.29, 0.717) is 50.9 Å². The molecule has 244 valence electrons. The second kappa shape index (κ2) is 16.0. The molecule has 4 rings (SSSR count). The van der Waals surface area contributed by atoms with Gasteiger partial charge in [0.2, 0.25) is 0 Å². The molecule has 3 aromatic rings. The number of aliphatic hydroxyl groups excluding tert-OH is 1. The number of esters is 1. The third-order valence-electron chi connectivity index (χ3n) is 6.69. The standard InChI is InChI=1S/C32H34BrFN4O8/c1-5-44-26-12-20(30-29(31(40)43-4)18(2)36-32(41)37-30)8-11-24(26)46-17-28(39)38-35-15-21-13-25(42-3)27(14-23(21)33)45-16-19-6-9-22(34)10-7-19/h6-15,28,30,38-39H,5,16-17H2,1-4H3,(H2,36,37,41)/b35-15-/t28-,30+/m1/s1. The molecule has 0 radical (unpaired) electrons. The molecule has 1 aliphatic rings. The first kappa shape index (κ1) is 34.1. The summed E-state index contributed by atoms with van der Waals surface area (Å²) in [5.74, 6) is 0.707. The van der Waals surface area contributed by atoms with E-state index in [-0.39, 0.29) is 24.6 Å². The van der Waals surface area contributed by atoms with Crippen LogP contribution in [-0.4, -0.2) is 57.0 Å². The Balaban J connectivity index is 1.39. The number of hydrogen-bond acceptors (Lipinski definition) is 10. The Morgan fingerprint density at radius 3 is 2.50 bits per heavy atom. The molecular formula is C32H34BrFN4O8. The predicted octanol–water partition coefficient (Wildman–Crippen LogP) is 4.70. The summed E-state index contributed by atoms with van der Waals surface area (Å²) in [5.41, 5.74) is 5.25. The van der Waals surface area contributed by atoms with E-state index >= 15 is 0 Å². The van der Waals surface area contributed by atoms with Crippen LogP contribution in [0.25, 0.3) is 0 Å². The fourth-order valence-corrected chi connectivity index (χ4v) is 4.90. The van der Waals surface area contributed by atoms with Crippen molar-refractivity contribution in [2.75, 3.05) is 27.4 Å². The molecule has 1 heterocycles. The largest absolute Gasteiger partial charge is 0.493 e. The molecule has 0 fully saturated rings. The second-order valence-electron chi connectivity index (χ2n) is 9.85. The number of methoxy groups -OCH3 is 2. The Bertz CT molecular complexity index is 1620. The number of hydrogen-bond donors (Lipinski definition) is 4. The number of hydrazone groups is 1. The van der Waals surface area contributed by atoms with E-state index in [1.54, 1.807) is 56.3 Å². The van der Waals surface area contributed by atoms with Crippen LogP contribution >= 0.6 is 15.9 Å². The summed E-state index contributed by atoms with van der Waals surface area (Å²) in [5, 5.41) is 19.9. The lowest BCUT2D eigenvalue weighted by Crippen LogP contribution is -2.45. The van der Waals surface area contributed by atoms with Gasteiger partial charge in [0, 0.05) is 15.7 Å². The van der Waals surface area contributed by atoms with Crippen LogP contribution < -0.4 is 35.0 Å². The second-order valence-corrected chi connectivity index (χ2v) is 10.7. The number of halogens is 2. The van der Waals surface area contributed by atoms with Crippen LogP contribution in [0, 0.1) is 5.82 Å². The first-order valence-electron chi connectivity index (χ1n) is 14.1. The number of nitrogens with zero attached hydrogens (tertiary/aromatic N) is 1. The summed E-state index contributed by atoms with van der Waals surface area (Å²) >= 11 is 3.49. The summed E-state index contributed by atoms with van der Waals surface area (Å²) < 4.78 is 41.6. The topological polar surface area (TPSA) is 149 Å². The molecule has 46 heavy (non-hydrogen) atoms. The highest BCUT2D eigenvalue weighted by atomic mass is 79.9. The zero-order valence-electron chi connectivity index (χ0n) is 25.6.